The lowest BCUT2D eigenvalue weighted by molar-refractivity contribution is 0.132. The molecule has 0 unspecified atom stereocenters. The van der Waals surface area contributed by atoms with E-state index in [1.165, 1.54) is 26.5 Å². The summed E-state index contributed by atoms with van der Waals surface area (Å²) in [5.74, 6) is 0. The fourth-order valence-corrected chi connectivity index (χ4v) is 4.84. The van der Waals surface area contributed by atoms with Gasteiger partial charge in [-0.25, -0.2) is 14.4 Å². The lowest BCUT2D eigenvalue weighted by atomic mass is 10.2. The second kappa shape index (κ2) is 11.3. The third kappa shape index (κ3) is 5.68. The van der Waals surface area contributed by atoms with Gasteiger partial charge >= 0.3 is 18.2 Å². The van der Waals surface area contributed by atoms with Crippen LogP contribution in [-0.2, 0) is 0 Å². The largest absolute Gasteiger partial charge is 0.465 e. The maximum absolute atomic E-state index is 13.9. The standard InChI is InChI=1S/C23H27ClN4O5S/c1-3-25(22(30)31)11-13-27(14-12-26(4-2)23(32)33)21(29)28-17-7-5-6-8-19(17)34-20-10-9-16(24)15-18(20)28/h5-10,15H,3-4,11-14H2,1-2H3,(H,30,31)(H,32,33). The highest BCUT2D eigenvalue weighted by Gasteiger charge is 2.32. The molecule has 182 valence electrons. The summed E-state index contributed by atoms with van der Waals surface area (Å²) in [6.07, 6.45) is -2.15. The highest BCUT2D eigenvalue weighted by molar-refractivity contribution is 7.99. The molecule has 11 heteroatoms. The summed E-state index contributed by atoms with van der Waals surface area (Å²) in [7, 11) is 0. The molecule has 0 aliphatic carbocycles. The maximum Gasteiger partial charge on any atom is 0.407 e. The molecule has 0 atom stereocenters. The molecule has 4 amide bonds. The first-order chi connectivity index (χ1) is 16.3. The summed E-state index contributed by atoms with van der Waals surface area (Å²) in [4.78, 5) is 44.2. The van der Waals surface area contributed by atoms with Gasteiger partial charge in [0.05, 0.1) is 11.4 Å². The Morgan fingerprint density at radius 3 is 1.91 bits per heavy atom. The minimum absolute atomic E-state index is 0.101. The van der Waals surface area contributed by atoms with Crippen molar-refractivity contribution in [3.05, 3.63) is 47.5 Å². The smallest absolute Gasteiger partial charge is 0.407 e. The first kappa shape index (κ1) is 25.5. The van der Waals surface area contributed by atoms with Crippen LogP contribution in [0.2, 0.25) is 5.02 Å². The number of benzene rings is 2. The van der Waals surface area contributed by atoms with Crippen molar-refractivity contribution in [2.45, 2.75) is 23.6 Å². The molecular formula is C23H27ClN4O5S. The fourth-order valence-electron chi connectivity index (χ4n) is 3.64. The molecule has 2 aromatic carbocycles. The van der Waals surface area contributed by atoms with E-state index < -0.39 is 12.2 Å². The van der Waals surface area contributed by atoms with Gasteiger partial charge in [0, 0.05) is 54.1 Å². The molecule has 34 heavy (non-hydrogen) atoms. The molecule has 1 heterocycles. The number of para-hydroxylation sites is 1. The molecule has 3 rings (SSSR count). The zero-order valence-corrected chi connectivity index (χ0v) is 20.6. The zero-order valence-electron chi connectivity index (χ0n) is 19.0. The molecule has 0 radical (unpaired) electrons. The Balaban J connectivity index is 1.96. The van der Waals surface area contributed by atoms with E-state index in [9.17, 15) is 24.6 Å². The summed E-state index contributed by atoms with van der Waals surface area (Å²) in [5, 5.41) is 19.3. The molecule has 0 aromatic heterocycles. The Kier molecular flexibility index (Phi) is 8.51. The Morgan fingerprint density at radius 1 is 0.824 bits per heavy atom. The monoisotopic (exact) mass is 506 g/mol. The number of hydrogen-bond acceptors (Lipinski definition) is 4. The third-order valence-corrected chi connectivity index (χ3v) is 6.90. The van der Waals surface area contributed by atoms with Crippen LogP contribution in [0.3, 0.4) is 0 Å². The van der Waals surface area contributed by atoms with Crippen LogP contribution in [0.1, 0.15) is 13.8 Å². The van der Waals surface area contributed by atoms with E-state index in [1.807, 2.05) is 30.3 Å². The maximum atomic E-state index is 13.9. The average molecular weight is 507 g/mol. The SMILES string of the molecule is CCN(CCN(CCN(CC)C(=O)O)C(=O)N1c2ccccc2Sc2ccc(Cl)cc21)C(=O)O. The predicted molar refractivity (Wildman–Crippen MR) is 132 cm³/mol. The van der Waals surface area contributed by atoms with Crippen LogP contribution in [0, 0.1) is 0 Å². The average Bonchev–Trinajstić information content (AvgIpc) is 2.81. The minimum Gasteiger partial charge on any atom is -0.465 e. The number of fused-ring (bicyclic) bond motifs is 2. The number of halogens is 1. The van der Waals surface area contributed by atoms with Crippen LogP contribution in [0.5, 0.6) is 0 Å². The van der Waals surface area contributed by atoms with E-state index in [0.29, 0.717) is 16.4 Å². The van der Waals surface area contributed by atoms with E-state index in [-0.39, 0.29) is 45.3 Å². The van der Waals surface area contributed by atoms with Crippen molar-refractivity contribution in [3.63, 3.8) is 0 Å². The van der Waals surface area contributed by atoms with Gasteiger partial charge in [-0.3, -0.25) is 4.90 Å². The minimum atomic E-state index is -1.08. The number of anilines is 2. The summed E-state index contributed by atoms with van der Waals surface area (Å²) in [6, 6.07) is 12.5. The van der Waals surface area contributed by atoms with Crippen molar-refractivity contribution >= 4 is 53.0 Å². The van der Waals surface area contributed by atoms with Gasteiger partial charge in [0.2, 0.25) is 0 Å². The summed E-state index contributed by atoms with van der Waals surface area (Å²) >= 11 is 7.79. The number of carboxylic acid groups (broad SMARTS) is 2. The van der Waals surface area contributed by atoms with E-state index in [0.717, 1.165) is 9.79 Å². The number of urea groups is 1. The van der Waals surface area contributed by atoms with Gasteiger partial charge in [0.15, 0.2) is 0 Å². The van der Waals surface area contributed by atoms with Gasteiger partial charge in [-0.05, 0) is 44.2 Å². The van der Waals surface area contributed by atoms with Gasteiger partial charge in [0.1, 0.15) is 0 Å². The molecule has 1 aliphatic rings. The van der Waals surface area contributed by atoms with E-state index in [2.05, 4.69) is 0 Å². The third-order valence-electron chi connectivity index (χ3n) is 5.53. The number of carbonyl (C=O) groups is 3. The van der Waals surface area contributed by atoms with Crippen molar-refractivity contribution in [2.75, 3.05) is 44.2 Å². The van der Waals surface area contributed by atoms with Gasteiger partial charge in [-0.2, -0.15) is 0 Å². The molecule has 2 N–H and O–H groups in total. The van der Waals surface area contributed by atoms with E-state index in [4.69, 9.17) is 11.6 Å². The highest BCUT2D eigenvalue weighted by atomic mass is 35.5. The lowest BCUT2D eigenvalue weighted by Gasteiger charge is -2.36. The Labute approximate surface area is 207 Å². The molecule has 1 aliphatic heterocycles. The summed E-state index contributed by atoms with van der Waals surface area (Å²) in [6.45, 7) is 4.41. The van der Waals surface area contributed by atoms with Crippen LogP contribution in [0.25, 0.3) is 0 Å². The fraction of sp³-hybridized carbons (Fsp3) is 0.348. The number of nitrogens with zero attached hydrogens (tertiary/aromatic N) is 4. The van der Waals surface area contributed by atoms with Crippen LogP contribution in [0.15, 0.2) is 52.3 Å². The van der Waals surface area contributed by atoms with Gasteiger partial charge in [-0.15, -0.1) is 0 Å². The van der Waals surface area contributed by atoms with Gasteiger partial charge in [0.25, 0.3) is 0 Å². The molecule has 2 aromatic rings. The molecule has 0 spiro atoms. The second-order valence-electron chi connectivity index (χ2n) is 7.51. The van der Waals surface area contributed by atoms with E-state index >= 15 is 0 Å². The van der Waals surface area contributed by atoms with Crippen LogP contribution < -0.4 is 4.90 Å². The van der Waals surface area contributed by atoms with Crippen molar-refractivity contribution in [1.29, 1.82) is 0 Å². The van der Waals surface area contributed by atoms with Crippen LogP contribution in [-0.4, -0.2) is 82.4 Å². The number of carbonyl (C=O) groups excluding carboxylic acids is 1. The van der Waals surface area contributed by atoms with E-state index in [1.54, 1.807) is 30.9 Å². The predicted octanol–water partition coefficient (Wildman–Crippen LogP) is 5.36. The Bertz CT molecular complexity index is 1040. The van der Waals surface area contributed by atoms with Crippen molar-refractivity contribution in [2.24, 2.45) is 0 Å². The molecule has 9 nitrogen and oxygen atoms in total. The summed E-state index contributed by atoms with van der Waals surface area (Å²) in [5.41, 5.74) is 1.32. The van der Waals surface area contributed by atoms with Crippen LogP contribution in [0.4, 0.5) is 25.8 Å². The second-order valence-corrected chi connectivity index (χ2v) is 9.03. The number of amides is 4. The van der Waals surface area contributed by atoms with Gasteiger partial charge < -0.3 is 24.9 Å². The van der Waals surface area contributed by atoms with Gasteiger partial charge in [-0.1, -0.05) is 35.5 Å². The summed E-state index contributed by atoms with van der Waals surface area (Å²) < 4.78 is 0. The first-order valence-electron chi connectivity index (χ1n) is 10.9. The Hall–Kier alpha value is -3.11. The normalized spacial score (nSPS) is 11.9. The number of hydrogen-bond donors (Lipinski definition) is 2. The lowest BCUT2D eigenvalue weighted by Crippen LogP contribution is -2.49. The Morgan fingerprint density at radius 2 is 1.35 bits per heavy atom. The van der Waals surface area contributed by atoms with Crippen molar-refractivity contribution in [1.82, 2.24) is 14.7 Å². The highest BCUT2D eigenvalue weighted by Crippen LogP contribution is 2.49. The van der Waals surface area contributed by atoms with Crippen molar-refractivity contribution < 1.29 is 24.6 Å². The quantitative estimate of drug-likeness (QED) is 0.499. The molecule has 0 fully saturated rings. The molecule has 0 saturated heterocycles. The number of rotatable bonds is 8. The first-order valence-corrected chi connectivity index (χ1v) is 12.1. The van der Waals surface area contributed by atoms with Crippen LogP contribution >= 0.6 is 23.4 Å². The molecule has 0 bridgehead atoms. The molecule has 0 saturated carbocycles. The zero-order chi connectivity index (χ0) is 24.8. The topological polar surface area (TPSA) is 105 Å². The molecular weight excluding hydrogens is 480 g/mol. The van der Waals surface area contributed by atoms with Crippen molar-refractivity contribution in [3.8, 4) is 0 Å². The number of likely N-dealkylation sites (N-methyl/N-ethyl adjacent to an activating group) is 2.